The highest BCUT2D eigenvalue weighted by Gasteiger charge is 2.21. The monoisotopic (exact) mass is 235 g/mol. The van der Waals surface area contributed by atoms with Gasteiger partial charge in [0.15, 0.2) is 0 Å². The molecule has 0 aliphatic carbocycles. The molecular formula is C9H21N3O2S. The molecule has 0 amide bonds. The van der Waals surface area contributed by atoms with Crippen molar-refractivity contribution in [3.8, 4) is 0 Å². The van der Waals surface area contributed by atoms with Crippen LogP contribution in [0.1, 0.15) is 12.8 Å². The number of nitrogens with one attached hydrogen (secondary N) is 2. The van der Waals surface area contributed by atoms with E-state index >= 15 is 0 Å². The summed E-state index contributed by atoms with van der Waals surface area (Å²) in [5.74, 6) is 0.209. The highest BCUT2D eigenvalue weighted by Crippen LogP contribution is 2.06. The van der Waals surface area contributed by atoms with E-state index in [1.807, 2.05) is 19.0 Å². The minimum Gasteiger partial charge on any atom is -0.313 e. The van der Waals surface area contributed by atoms with E-state index in [-0.39, 0.29) is 11.8 Å². The first-order valence-corrected chi connectivity index (χ1v) is 7.00. The Hall–Kier alpha value is -0.170. The number of rotatable bonds is 6. The summed E-state index contributed by atoms with van der Waals surface area (Å²) in [7, 11) is 0.747. The Labute approximate surface area is 92.3 Å². The first-order chi connectivity index (χ1) is 6.99. The van der Waals surface area contributed by atoms with Crippen molar-refractivity contribution in [2.75, 3.05) is 39.5 Å². The lowest BCUT2D eigenvalue weighted by Crippen LogP contribution is -2.39. The Balaban J connectivity index is 2.25. The molecule has 1 aliphatic rings. The Kier molecular flexibility index (Phi) is 4.98. The fraction of sp³-hybridized carbons (Fsp3) is 1.00. The molecule has 0 aromatic carbocycles. The molecule has 1 fully saturated rings. The molecule has 2 N–H and O–H groups in total. The van der Waals surface area contributed by atoms with Crippen LogP contribution in [0, 0.1) is 0 Å². The summed E-state index contributed by atoms with van der Waals surface area (Å²) in [5, 5.41) is 3.18. The Morgan fingerprint density at radius 3 is 2.73 bits per heavy atom. The van der Waals surface area contributed by atoms with Crippen LogP contribution in [0.4, 0.5) is 0 Å². The first kappa shape index (κ1) is 12.9. The molecule has 0 aromatic rings. The summed E-state index contributed by atoms with van der Waals surface area (Å²) in [6.07, 6.45) is 2.05. The molecule has 1 rings (SSSR count). The van der Waals surface area contributed by atoms with E-state index in [1.54, 1.807) is 0 Å². The van der Waals surface area contributed by atoms with Crippen molar-refractivity contribution in [1.29, 1.82) is 0 Å². The molecule has 1 unspecified atom stereocenters. The van der Waals surface area contributed by atoms with Gasteiger partial charge in [-0.15, -0.1) is 0 Å². The number of nitrogens with zero attached hydrogens (tertiary/aromatic N) is 1. The van der Waals surface area contributed by atoms with Crippen LogP contribution in [0.25, 0.3) is 0 Å². The van der Waals surface area contributed by atoms with E-state index in [2.05, 4.69) is 10.0 Å². The van der Waals surface area contributed by atoms with Gasteiger partial charge in [0.1, 0.15) is 0 Å². The molecule has 1 saturated heterocycles. The van der Waals surface area contributed by atoms with Crippen LogP contribution in [-0.2, 0) is 10.0 Å². The van der Waals surface area contributed by atoms with E-state index in [4.69, 9.17) is 0 Å². The van der Waals surface area contributed by atoms with E-state index in [1.165, 1.54) is 0 Å². The molecule has 0 saturated carbocycles. The molecule has 5 nitrogen and oxygen atoms in total. The van der Waals surface area contributed by atoms with Gasteiger partial charge in [0, 0.05) is 19.1 Å². The molecule has 0 aromatic heterocycles. The van der Waals surface area contributed by atoms with Crippen LogP contribution in [0.5, 0.6) is 0 Å². The van der Waals surface area contributed by atoms with Crippen molar-refractivity contribution < 1.29 is 8.42 Å². The van der Waals surface area contributed by atoms with Crippen molar-refractivity contribution in [2.24, 2.45) is 0 Å². The zero-order valence-corrected chi connectivity index (χ0v) is 10.3. The molecule has 15 heavy (non-hydrogen) atoms. The third kappa shape index (κ3) is 5.46. The third-order valence-electron chi connectivity index (χ3n) is 2.46. The second-order valence-corrected chi connectivity index (χ2v) is 6.12. The van der Waals surface area contributed by atoms with Crippen molar-refractivity contribution in [3.63, 3.8) is 0 Å². The van der Waals surface area contributed by atoms with E-state index in [0.717, 1.165) is 25.9 Å². The highest BCUT2D eigenvalue weighted by atomic mass is 32.2. The molecule has 6 heteroatoms. The fourth-order valence-electron chi connectivity index (χ4n) is 1.65. The largest absolute Gasteiger partial charge is 0.313 e. The quantitative estimate of drug-likeness (QED) is 0.634. The van der Waals surface area contributed by atoms with Crippen LogP contribution < -0.4 is 10.0 Å². The summed E-state index contributed by atoms with van der Waals surface area (Å²) in [6, 6.07) is 0.141. The Morgan fingerprint density at radius 2 is 2.20 bits per heavy atom. The van der Waals surface area contributed by atoms with E-state index in [0.29, 0.717) is 6.54 Å². The smallest absolute Gasteiger partial charge is 0.213 e. The standard InChI is InChI=1S/C9H21N3O2S/c1-12(2)7-6-11-15(13,14)8-9-4-3-5-10-9/h9-11H,3-8H2,1-2H3. The summed E-state index contributed by atoms with van der Waals surface area (Å²) < 4.78 is 25.8. The molecule has 0 bridgehead atoms. The van der Waals surface area contributed by atoms with Gasteiger partial charge in [-0.05, 0) is 33.5 Å². The zero-order chi connectivity index (χ0) is 11.3. The van der Waals surface area contributed by atoms with Crippen LogP contribution in [0.15, 0.2) is 0 Å². The van der Waals surface area contributed by atoms with Gasteiger partial charge in [0.05, 0.1) is 5.75 Å². The predicted octanol–water partition coefficient (Wildman–Crippen LogP) is -0.781. The predicted molar refractivity (Wildman–Crippen MR) is 61.4 cm³/mol. The molecule has 90 valence electrons. The van der Waals surface area contributed by atoms with Gasteiger partial charge >= 0.3 is 0 Å². The topological polar surface area (TPSA) is 61.4 Å². The molecule has 0 radical (unpaired) electrons. The zero-order valence-electron chi connectivity index (χ0n) is 9.49. The number of hydrogen-bond donors (Lipinski definition) is 2. The maximum absolute atomic E-state index is 11.6. The lowest BCUT2D eigenvalue weighted by atomic mass is 10.3. The van der Waals surface area contributed by atoms with Crippen molar-refractivity contribution in [3.05, 3.63) is 0 Å². The minimum absolute atomic E-state index is 0.141. The SMILES string of the molecule is CN(C)CCNS(=O)(=O)CC1CCCN1. The maximum Gasteiger partial charge on any atom is 0.213 e. The normalized spacial score (nSPS) is 22.5. The highest BCUT2D eigenvalue weighted by molar-refractivity contribution is 7.89. The number of sulfonamides is 1. The van der Waals surface area contributed by atoms with Crippen LogP contribution in [-0.4, -0.2) is 58.8 Å². The molecule has 1 heterocycles. The lowest BCUT2D eigenvalue weighted by Gasteiger charge is -2.13. The maximum atomic E-state index is 11.6. The molecule has 1 atom stereocenters. The van der Waals surface area contributed by atoms with Gasteiger partial charge in [0.25, 0.3) is 0 Å². The van der Waals surface area contributed by atoms with Crippen LogP contribution in [0.2, 0.25) is 0 Å². The van der Waals surface area contributed by atoms with Crippen molar-refractivity contribution in [1.82, 2.24) is 14.9 Å². The summed E-state index contributed by atoms with van der Waals surface area (Å²) in [6.45, 7) is 2.16. The summed E-state index contributed by atoms with van der Waals surface area (Å²) >= 11 is 0. The van der Waals surface area contributed by atoms with Gasteiger partial charge in [-0.25, -0.2) is 13.1 Å². The average molecular weight is 235 g/mol. The van der Waals surface area contributed by atoms with Gasteiger partial charge in [-0.1, -0.05) is 0 Å². The van der Waals surface area contributed by atoms with Gasteiger partial charge < -0.3 is 10.2 Å². The second-order valence-electron chi connectivity index (χ2n) is 4.27. The van der Waals surface area contributed by atoms with Crippen molar-refractivity contribution in [2.45, 2.75) is 18.9 Å². The fourth-order valence-corrected chi connectivity index (χ4v) is 2.98. The van der Waals surface area contributed by atoms with Gasteiger partial charge in [-0.2, -0.15) is 0 Å². The van der Waals surface area contributed by atoms with E-state index in [9.17, 15) is 8.42 Å². The molecule has 1 aliphatic heterocycles. The van der Waals surface area contributed by atoms with Gasteiger partial charge in [0.2, 0.25) is 10.0 Å². The number of hydrogen-bond acceptors (Lipinski definition) is 4. The summed E-state index contributed by atoms with van der Waals surface area (Å²) in [4.78, 5) is 1.95. The lowest BCUT2D eigenvalue weighted by molar-refractivity contribution is 0.412. The van der Waals surface area contributed by atoms with Crippen molar-refractivity contribution >= 4 is 10.0 Å². The summed E-state index contributed by atoms with van der Waals surface area (Å²) in [5.41, 5.74) is 0. The van der Waals surface area contributed by atoms with Gasteiger partial charge in [-0.3, -0.25) is 0 Å². The number of likely N-dealkylation sites (N-methyl/N-ethyl adjacent to an activating group) is 1. The van der Waals surface area contributed by atoms with Crippen LogP contribution >= 0.6 is 0 Å². The van der Waals surface area contributed by atoms with Crippen LogP contribution in [0.3, 0.4) is 0 Å². The third-order valence-corrected chi connectivity index (χ3v) is 3.95. The molecular weight excluding hydrogens is 214 g/mol. The Morgan fingerprint density at radius 1 is 1.47 bits per heavy atom. The Bertz CT molecular complexity index is 271. The van der Waals surface area contributed by atoms with E-state index < -0.39 is 10.0 Å². The minimum atomic E-state index is -3.10. The second kappa shape index (κ2) is 5.79. The first-order valence-electron chi connectivity index (χ1n) is 5.35. The molecule has 0 spiro atoms. The average Bonchev–Trinajstić information content (AvgIpc) is 2.54.